The van der Waals surface area contributed by atoms with Gasteiger partial charge in [-0.25, -0.2) is 5.10 Å². The molecule has 0 amide bonds. The van der Waals surface area contributed by atoms with Gasteiger partial charge in [0.1, 0.15) is 0 Å². The van der Waals surface area contributed by atoms with E-state index in [1.807, 2.05) is 0 Å². The molecule has 0 fully saturated rings. The molecule has 2 rings (SSSR count). The van der Waals surface area contributed by atoms with Crippen LogP contribution in [0.5, 0.6) is 0 Å². The number of aromatic nitrogens is 2. The average molecular weight is 135 g/mol. The van der Waals surface area contributed by atoms with Gasteiger partial charge >= 0.3 is 0 Å². The average Bonchev–Trinajstić information content (AvgIpc) is 2.36. The van der Waals surface area contributed by atoms with Crippen LogP contribution in [0.4, 0.5) is 0 Å². The predicted molar refractivity (Wildman–Crippen MR) is 36.2 cm³/mol. The van der Waals surface area contributed by atoms with Crippen LogP contribution in [0.25, 0.3) is 0 Å². The number of nitrogens with one attached hydrogen (secondary N) is 1. The number of H-pyrrole nitrogens is 1. The van der Waals surface area contributed by atoms with Gasteiger partial charge in [-0.05, 0) is 0 Å². The Morgan fingerprint density at radius 3 is 3.30 bits per heavy atom. The molecule has 2 heterocycles. The highest BCUT2D eigenvalue weighted by Gasteiger charge is 2.08. The topological polar surface area (TPSA) is 58.1 Å². The smallest absolute Gasteiger partial charge is 0.273 e. The second kappa shape index (κ2) is 1.76. The Bertz CT molecular complexity index is 339. The molecule has 1 aliphatic heterocycles. The van der Waals surface area contributed by atoms with Crippen molar-refractivity contribution in [2.24, 2.45) is 4.99 Å². The summed E-state index contributed by atoms with van der Waals surface area (Å²) in [6, 6.07) is 0. The van der Waals surface area contributed by atoms with Gasteiger partial charge < -0.3 is 0 Å². The Labute approximate surface area is 56.6 Å². The first-order valence-electron chi connectivity index (χ1n) is 2.94. The highest BCUT2D eigenvalue weighted by molar-refractivity contribution is 5.83. The lowest BCUT2D eigenvalue weighted by Gasteiger charge is -1.90. The number of nitrogens with zero attached hydrogens (tertiary/aromatic N) is 2. The van der Waals surface area contributed by atoms with Crippen LogP contribution in [0.2, 0.25) is 0 Å². The molecule has 1 aromatic heterocycles. The molecule has 0 saturated carbocycles. The SMILES string of the molecule is O=c1[nH]ncc2c1C=NC2. The zero-order valence-electron chi connectivity index (χ0n) is 5.16. The van der Waals surface area contributed by atoms with E-state index in [4.69, 9.17) is 0 Å². The summed E-state index contributed by atoms with van der Waals surface area (Å²) in [6.07, 6.45) is 3.21. The fraction of sp³-hybridized carbons (Fsp3) is 0.167. The van der Waals surface area contributed by atoms with Crippen molar-refractivity contribution in [3.8, 4) is 0 Å². The molecular weight excluding hydrogens is 130 g/mol. The standard InChI is InChI=1S/C6H5N3O/c10-6-5-3-7-1-4(5)2-8-9-6/h2-3H,1H2,(H,9,10). The summed E-state index contributed by atoms with van der Waals surface area (Å²) in [4.78, 5) is 14.8. The van der Waals surface area contributed by atoms with E-state index in [0.29, 0.717) is 12.1 Å². The Morgan fingerprint density at radius 2 is 2.50 bits per heavy atom. The lowest BCUT2D eigenvalue weighted by molar-refractivity contribution is 0.951. The maximum absolute atomic E-state index is 10.9. The van der Waals surface area contributed by atoms with Gasteiger partial charge in [-0.2, -0.15) is 5.10 Å². The minimum Gasteiger partial charge on any atom is -0.288 e. The van der Waals surface area contributed by atoms with Crippen molar-refractivity contribution >= 4 is 6.21 Å². The van der Waals surface area contributed by atoms with Gasteiger partial charge in [-0.3, -0.25) is 9.79 Å². The number of rotatable bonds is 0. The third-order valence-electron chi connectivity index (χ3n) is 1.46. The quantitative estimate of drug-likeness (QED) is 0.531. The van der Waals surface area contributed by atoms with E-state index in [9.17, 15) is 4.79 Å². The van der Waals surface area contributed by atoms with Gasteiger partial charge in [-0.1, -0.05) is 0 Å². The molecule has 0 radical (unpaired) electrons. The van der Waals surface area contributed by atoms with E-state index < -0.39 is 0 Å². The van der Waals surface area contributed by atoms with Crippen LogP contribution in [0, 0.1) is 0 Å². The van der Waals surface area contributed by atoms with Crippen molar-refractivity contribution in [1.82, 2.24) is 10.2 Å². The molecule has 0 saturated heterocycles. The summed E-state index contributed by atoms with van der Waals surface area (Å²) < 4.78 is 0. The summed E-state index contributed by atoms with van der Waals surface area (Å²) >= 11 is 0. The summed E-state index contributed by atoms with van der Waals surface area (Å²) in [5.41, 5.74) is 1.40. The molecule has 0 aliphatic carbocycles. The van der Waals surface area contributed by atoms with Crippen LogP contribution in [0.1, 0.15) is 11.1 Å². The third kappa shape index (κ3) is 0.586. The van der Waals surface area contributed by atoms with Crippen LogP contribution in [-0.4, -0.2) is 16.4 Å². The maximum atomic E-state index is 10.9. The van der Waals surface area contributed by atoms with Crippen molar-refractivity contribution in [3.63, 3.8) is 0 Å². The van der Waals surface area contributed by atoms with Crippen LogP contribution in [0.3, 0.4) is 0 Å². The molecule has 1 aliphatic rings. The van der Waals surface area contributed by atoms with Crippen molar-refractivity contribution in [2.75, 3.05) is 0 Å². The van der Waals surface area contributed by atoms with Gasteiger partial charge in [0.25, 0.3) is 5.56 Å². The summed E-state index contributed by atoms with van der Waals surface area (Å²) in [5, 5.41) is 5.97. The van der Waals surface area contributed by atoms with E-state index in [0.717, 1.165) is 5.56 Å². The van der Waals surface area contributed by atoms with Crippen LogP contribution in [-0.2, 0) is 6.54 Å². The van der Waals surface area contributed by atoms with Gasteiger partial charge in [0.15, 0.2) is 0 Å². The van der Waals surface area contributed by atoms with Crippen molar-refractivity contribution < 1.29 is 0 Å². The molecule has 10 heavy (non-hydrogen) atoms. The van der Waals surface area contributed by atoms with Crippen molar-refractivity contribution in [2.45, 2.75) is 6.54 Å². The number of aromatic amines is 1. The maximum Gasteiger partial charge on any atom is 0.273 e. The summed E-state index contributed by atoms with van der Waals surface area (Å²) in [6.45, 7) is 0.590. The van der Waals surface area contributed by atoms with Gasteiger partial charge in [0, 0.05) is 11.8 Å². The zero-order chi connectivity index (χ0) is 6.97. The normalized spacial score (nSPS) is 13.6. The lowest BCUT2D eigenvalue weighted by Crippen LogP contribution is -2.13. The number of aliphatic imine (C=N–C) groups is 1. The molecule has 4 heteroatoms. The van der Waals surface area contributed by atoms with E-state index in [2.05, 4.69) is 15.2 Å². The first kappa shape index (κ1) is 5.34. The summed E-state index contributed by atoms with van der Waals surface area (Å²) in [5.74, 6) is 0. The molecule has 4 nitrogen and oxygen atoms in total. The fourth-order valence-corrected chi connectivity index (χ4v) is 0.947. The first-order chi connectivity index (χ1) is 4.88. The second-order valence-electron chi connectivity index (χ2n) is 2.11. The molecule has 0 unspecified atom stereocenters. The van der Waals surface area contributed by atoms with Crippen molar-refractivity contribution in [3.05, 3.63) is 27.7 Å². The molecule has 0 bridgehead atoms. The number of hydrogen-bond acceptors (Lipinski definition) is 3. The minimum absolute atomic E-state index is 0.154. The van der Waals surface area contributed by atoms with Gasteiger partial charge in [0.05, 0.1) is 18.3 Å². The zero-order valence-corrected chi connectivity index (χ0v) is 5.16. The molecule has 1 N–H and O–H groups in total. The molecule has 50 valence electrons. The van der Waals surface area contributed by atoms with Crippen LogP contribution >= 0.6 is 0 Å². The summed E-state index contributed by atoms with van der Waals surface area (Å²) in [7, 11) is 0. The Kier molecular flexibility index (Phi) is 0.943. The molecule has 0 aromatic carbocycles. The highest BCUT2D eigenvalue weighted by atomic mass is 16.1. The Hall–Kier alpha value is -1.45. The monoisotopic (exact) mass is 135 g/mol. The third-order valence-corrected chi connectivity index (χ3v) is 1.46. The predicted octanol–water partition coefficient (Wildman–Crippen LogP) is -0.298. The van der Waals surface area contributed by atoms with Gasteiger partial charge in [-0.15, -0.1) is 0 Å². The van der Waals surface area contributed by atoms with E-state index in [1.165, 1.54) is 0 Å². The molecule has 1 aromatic rings. The first-order valence-corrected chi connectivity index (χ1v) is 2.94. The number of fused-ring (bicyclic) bond motifs is 1. The van der Waals surface area contributed by atoms with Crippen molar-refractivity contribution in [1.29, 1.82) is 0 Å². The molecule has 0 spiro atoms. The van der Waals surface area contributed by atoms with E-state index >= 15 is 0 Å². The highest BCUT2D eigenvalue weighted by Crippen LogP contribution is 2.06. The van der Waals surface area contributed by atoms with Crippen LogP contribution < -0.4 is 5.56 Å². The minimum atomic E-state index is -0.154. The Morgan fingerprint density at radius 1 is 1.60 bits per heavy atom. The second-order valence-corrected chi connectivity index (χ2v) is 2.11. The largest absolute Gasteiger partial charge is 0.288 e. The van der Waals surface area contributed by atoms with Gasteiger partial charge in [0.2, 0.25) is 0 Å². The van der Waals surface area contributed by atoms with E-state index in [1.54, 1.807) is 12.4 Å². The van der Waals surface area contributed by atoms with Crippen LogP contribution in [0.15, 0.2) is 16.0 Å². The molecule has 0 atom stereocenters. The molecular formula is C6H5N3O. The fourth-order valence-electron chi connectivity index (χ4n) is 0.947. The lowest BCUT2D eigenvalue weighted by atomic mass is 10.2. The number of hydrogen-bond donors (Lipinski definition) is 1. The van der Waals surface area contributed by atoms with E-state index in [-0.39, 0.29) is 5.56 Å². The Balaban J connectivity index is 2.79.